The molecule has 20 nitrogen and oxygen atoms in total. The molecular formula is C42H110N6O14S4. The van der Waals surface area contributed by atoms with Gasteiger partial charge in [-0.15, -0.1) is 0 Å². The van der Waals surface area contributed by atoms with Gasteiger partial charge in [0.1, 0.15) is 15.6 Å². The molecule has 0 radical (unpaired) electrons. The van der Waals surface area contributed by atoms with E-state index < -0.39 is 36.8 Å². The Bertz CT molecular complexity index is 1060. The van der Waals surface area contributed by atoms with Crippen LogP contribution in [0.2, 0.25) is 0 Å². The lowest BCUT2D eigenvalue weighted by atomic mass is 10.0. The minimum atomic E-state index is -3.16. The van der Waals surface area contributed by atoms with Gasteiger partial charge >= 0.3 is 18.1 Å². The summed E-state index contributed by atoms with van der Waals surface area (Å²) in [4.78, 5) is 50.5. The number of thioether (sulfide) groups is 1. The molecule has 0 bridgehead atoms. The Hall–Kier alpha value is -2.61. The van der Waals surface area contributed by atoms with Crippen LogP contribution in [0.25, 0.3) is 0 Å². The molecule has 0 aliphatic rings. The Balaban J connectivity index is -0.0000000327. The molecule has 0 heterocycles. The van der Waals surface area contributed by atoms with Crippen LogP contribution in [-0.2, 0) is 63.5 Å². The highest BCUT2D eigenvalue weighted by molar-refractivity contribution is 7.97. The van der Waals surface area contributed by atoms with E-state index in [4.69, 9.17) is 0 Å². The molecule has 0 aliphatic carbocycles. The zero-order valence-corrected chi connectivity index (χ0v) is 51.8. The van der Waals surface area contributed by atoms with Gasteiger partial charge in [0.05, 0.1) is 27.6 Å². The van der Waals surface area contributed by atoms with Crippen molar-refractivity contribution in [2.24, 2.45) is 11.3 Å². The molecule has 5 N–H and O–H groups in total. The van der Waals surface area contributed by atoms with Crippen LogP contribution in [0, 0.1) is 11.3 Å². The molecule has 66 heavy (non-hydrogen) atoms. The quantitative estimate of drug-likeness (QED) is 0.156. The van der Waals surface area contributed by atoms with E-state index in [0.717, 1.165) is 31.8 Å². The summed E-state index contributed by atoms with van der Waals surface area (Å²) in [5, 5.41) is 12.1. The Morgan fingerprint density at radius 1 is 0.652 bits per heavy atom. The molecule has 0 aromatic carbocycles. The van der Waals surface area contributed by atoms with Gasteiger partial charge in [0.2, 0.25) is 5.91 Å². The summed E-state index contributed by atoms with van der Waals surface area (Å²) < 4.78 is 64.8. The van der Waals surface area contributed by atoms with Crippen molar-refractivity contribution >= 4 is 72.3 Å². The second kappa shape index (κ2) is 92.6. The lowest BCUT2D eigenvalue weighted by Crippen LogP contribution is -2.28. The number of carbonyl (C=O) groups is 5. The fraction of sp³-hybridized carbons (Fsp3) is 0.881. The van der Waals surface area contributed by atoms with Crippen LogP contribution >= 0.6 is 11.8 Å². The van der Waals surface area contributed by atoms with Crippen LogP contribution in [0.4, 0.5) is 9.59 Å². The first kappa shape index (κ1) is 105. The van der Waals surface area contributed by atoms with Crippen molar-refractivity contribution in [3.05, 3.63) is 0 Å². The average Bonchev–Trinajstić information content (AvgIpc) is 3.10. The number of rotatable bonds is 1. The number of ketones is 1. The highest BCUT2D eigenvalue weighted by Crippen LogP contribution is 2.08. The Morgan fingerprint density at radius 3 is 0.773 bits per heavy atom. The fourth-order valence-corrected chi connectivity index (χ4v) is 0.227. The molecule has 0 aliphatic heterocycles. The second-order valence-electron chi connectivity index (χ2n) is 14.8. The van der Waals surface area contributed by atoms with E-state index >= 15 is 0 Å². The number of ether oxygens (including phenoxy) is 3. The van der Waals surface area contributed by atoms with Crippen molar-refractivity contribution in [3.8, 4) is 0 Å². The van der Waals surface area contributed by atoms with E-state index in [2.05, 4.69) is 107 Å². The largest absolute Gasteiger partial charge is 0.469 e. The molecular weight excluding hydrogens is 941 g/mol. The number of hydrogen-bond acceptors (Lipinski definition) is 17. The normalized spacial score (nSPS) is 8.26. The first-order chi connectivity index (χ1) is 29.3. The van der Waals surface area contributed by atoms with Gasteiger partial charge in [-0.25, -0.2) is 18.0 Å². The molecule has 0 saturated carbocycles. The summed E-state index contributed by atoms with van der Waals surface area (Å²) in [5.41, 5.74) is 0.500. The van der Waals surface area contributed by atoms with Gasteiger partial charge in [-0.1, -0.05) is 68.7 Å². The first-order valence-electron chi connectivity index (χ1n) is 19.8. The van der Waals surface area contributed by atoms with Gasteiger partial charge in [-0.05, 0) is 72.9 Å². The molecule has 4 amide bonds. The van der Waals surface area contributed by atoms with E-state index in [-0.39, 0.29) is 23.7 Å². The van der Waals surface area contributed by atoms with E-state index in [0.29, 0.717) is 5.41 Å². The lowest BCUT2D eigenvalue weighted by molar-refractivity contribution is -0.138. The van der Waals surface area contributed by atoms with Crippen molar-refractivity contribution in [1.82, 2.24) is 31.5 Å². The molecule has 0 unspecified atom stereocenters. The number of Topliss-reactive ketones (excluding diaryl/α,β-unsaturated/α-hetero) is 1. The van der Waals surface area contributed by atoms with E-state index in [1.54, 1.807) is 59.6 Å². The van der Waals surface area contributed by atoms with Crippen LogP contribution < -0.4 is 26.6 Å². The van der Waals surface area contributed by atoms with Crippen molar-refractivity contribution in [2.45, 2.75) is 96.4 Å². The number of nitrogens with zero attached hydrogens (tertiary/aromatic N) is 1. The number of alkyl carbamates (subject to hydrolysis) is 1. The third-order valence-electron chi connectivity index (χ3n) is 1.79. The molecule has 416 valence electrons. The summed E-state index contributed by atoms with van der Waals surface area (Å²) in [6, 6.07) is -0.157. The number of hydrogen-bond donors (Lipinski definition) is 5. The second-order valence-corrected chi connectivity index (χ2v) is 21.2. The number of carbonyl (C=O) groups excluding carboxylic acids is 5. The fourth-order valence-electron chi connectivity index (χ4n) is 0.227. The molecule has 0 atom stereocenters. The highest BCUT2D eigenvalue weighted by atomic mass is 32.2. The summed E-state index contributed by atoms with van der Waals surface area (Å²) in [5.74, 6) is 0.759. The van der Waals surface area contributed by atoms with Gasteiger partial charge < -0.3 is 50.5 Å². The Morgan fingerprint density at radius 2 is 0.773 bits per heavy atom. The van der Waals surface area contributed by atoms with E-state index in [1.807, 2.05) is 52.6 Å². The van der Waals surface area contributed by atoms with Crippen molar-refractivity contribution < 1.29 is 63.4 Å². The average molecular weight is 1050 g/mol. The number of nitrogens with one attached hydrogen (secondary N) is 5. The topological polar surface area (TPSA) is 271 Å². The van der Waals surface area contributed by atoms with Crippen molar-refractivity contribution in [2.75, 3.05) is 143 Å². The standard InChI is InChI=1S/C5H12.C4H10.C3H8N2O.C3H7NO2.C3H7NO.C3H9N.C3H6O2.C3H6O.C3H8.C2H7N.C2H6O3S.C2H6O2S.C2H6OS.C2H6O.C2H6S/c1-5(2,3)4;1-4(2)3;1-4-3(6)5-2;1-4-3(5)6-2;1-3(5)4-2;1-4(2)3;1-3(4)5-2;1-3(2)4;2*1-3-2;1-5-6(2,3)4;1-5(2,3)4;1-4(2)3;2*1-3-2/h1-4H3;4H,1-3H3;1-2H3,(H2,4,5,6);1-2H3,(H,4,5);1-2H3,(H,4,5);1-3H3;1-2H3;1-2H3;3H2,1-2H3;3H,1-2H3;1-2H3;1-2H3;1-2H3;2*1-2H3. The summed E-state index contributed by atoms with van der Waals surface area (Å²) in [7, 11) is 16.6. The van der Waals surface area contributed by atoms with Gasteiger partial charge in [0.15, 0.2) is 0 Å². The summed E-state index contributed by atoms with van der Waals surface area (Å²) >= 11 is 1.75. The SMILES string of the molecule is CC(C)(C)C.CC(C)=O.CC(C)C.CCC.CN(C)C.CNC.CNC(=O)NC.CNC(=O)OC.CNC(C)=O.COC.COC(C)=O.COS(C)(=O)=O.CS(C)(=O)=O.CS(C)=O.CSC. The zero-order valence-electron chi connectivity index (χ0n) is 48.6. The minimum Gasteiger partial charge on any atom is -0.469 e. The lowest BCUT2D eigenvalue weighted by Gasteiger charge is -2.05. The number of esters is 1. The third-order valence-corrected chi connectivity index (χ3v) is 2.39. The van der Waals surface area contributed by atoms with Crippen LogP contribution in [0.15, 0.2) is 0 Å². The zero-order chi connectivity index (χ0) is 57.9. The van der Waals surface area contributed by atoms with Crippen molar-refractivity contribution in [3.63, 3.8) is 0 Å². The van der Waals surface area contributed by atoms with Crippen LogP contribution in [-0.4, -0.2) is 198 Å². The maximum absolute atomic E-state index is 9.96. The molecule has 24 heteroatoms. The molecule has 0 saturated heterocycles. The highest BCUT2D eigenvalue weighted by Gasteiger charge is 1.95. The summed E-state index contributed by atoms with van der Waals surface area (Å²) in [6.45, 7) is 25.4. The number of methoxy groups -OCH3 is 3. The van der Waals surface area contributed by atoms with Gasteiger partial charge in [-0.2, -0.15) is 20.2 Å². The summed E-state index contributed by atoms with van der Waals surface area (Å²) in [6.07, 6.45) is 11.5. The predicted octanol–water partition coefficient (Wildman–Crippen LogP) is 5.68. The maximum Gasteiger partial charge on any atom is 0.406 e. The maximum atomic E-state index is 9.96. The van der Waals surface area contributed by atoms with Crippen LogP contribution in [0.1, 0.15) is 96.4 Å². The monoisotopic (exact) mass is 1050 g/mol. The predicted molar refractivity (Wildman–Crippen MR) is 290 cm³/mol. The first-order valence-corrected chi connectivity index (χ1v) is 27.5. The number of amides is 4. The number of sulfone groups is 1. The van der Waals surface area contributed by atoms with Crippen LogP contribution in [0.3, 0.4) is 0 Å². The Kier molecular flexibility index (Phi) is 148. The molecule has 0 aromatic rings. The smallest absolute Gasteiger partial charge is 0.406 e. The van der Waals surface area contributed by atoms with Gasteiger partial charge in [0.25, 0.3) is 10.1 Å². The van der Waals surface area contributed by atoms with Crippen LogP contribution in [0.5, 0.6) is 0 Å². The molecule has 0 fully saturated rings. The number of urea groups is 1. The molecule has 0 rings (SSSR count). The minimum absolute atomic E-state index is 0.00463. The third kappa shape index (κ3) is 1460. The van der Waals surface area contributed by atoms with E-state index in [1.165, 1.54) is 55.4 Å². The molecule has 0 spiro atoms. The molecule has 0 aromatic heterocycles. The Labute approximate surface area is 416 Å². The van der Waals surface area contributed by atoms with E-state index in [9.17, 15) is 45.0 Å². The van der Waals surface area contributed by atoms with Gasteiger partial charge in [-0.3, -0.25) is 18.0 Å². The van der Waals surface area contributed by atoms with Crippen molar-refractivity contribution in [1.29, 1.82) is 0 Å². The van der Waals surface area contributed by atoms with Gasteiger partial charge in [0, 0.05) is 92.1 Å².